The number of hydrogen-bond donors (Lipinski definition) is 2. The maximum Gasteiger partial charge on any atom is 0.224 e. The molecule has 1 aromatic heterocycles. The van der Waals surface area contributed by atoms with Crippen LogP contribution in [0.5, 0.6) is 0 Å². The van der Waals surface area contributed by atoms with Crippen LogP contribution in [0, 0.1) is 12.7 Å². The number of hydrogen-bond acceptors (Lipinski definition) is 4. The van der Waals surface area contributed by atoms with Crippen molar-refractivity contribution < 1.29 is 4.39 Å². The molecule has 0 aliphatic rings. The Labute approximate surface area is 122 Å². The minimum Gasteiger partial charge on any atom is -0.354 e. The number of aromatic nitrogens is 2. The third-order valence-corrected chi connectivity index (χ3v) is 3.07. The van der Waals surface area contributed by atoms with Crippen LogP contribution in [-0.2, 0) is 0 Å². The lowest BCUT2D eigenvalue weighted by Crippen LogP contribution is -2.06. The zero-order valence-corrected chi connectivity index (χ0v) is 12.1. The van der Waals surface area contributed by atoms with Crippen LogP contribution >= 0.6 is 11.6 Å². The van der Waals surface area contributed by atoms with Crippen LogP contribution in [0.4, 0.5) is 21.8 Å². The van der Waals surface area contributed by atoms with Gasteiger partial charge in [-0.1, -0.05) is 24.6 Å². The van der Waals surface area contributed by atoms with Crippen LogP contribution < -0.4 is 10.6 Å². The zero-order chi connectivity index (χ0) is 14.5. The van der Waals surface area contributed by atoms with Gasteiger partial charge in [0.1, 0.15) is 10.8 Å². The molecular weight excluding hydrogens is 279 g/mol. The molecule has 0 unspecified atom stereocenters. The Morgan fingerprint density at radius 3 is 2.90 bits per heavy atom. The quantitative estimate of drug-likeness (QED) is 0.870. The van der Waals surface area contributed by atoms with Gasteiger partial charge in [0.05, 0.1) is 6.20 Å². The van der Waals surface area contributed by atoms with Gasteiger partial charge in [-0.05, 0) is 25.5 Å². The van der Waals surface area contributed by atoms with E-state index < -0.39 is 0 Å². The third kappa shape index (κ3) is 3.36. The molecule has 6 heteroatoms. The maximum absolute atomic E-state index is 13.5. The predicted octanol–water partition coefficient (Wildman–Crippen LogP) is 4.14. The number of benzene rings is 1. The topological polar surface area (TPSA) is 49.8 Å². The number of anilines is 3. The molecule has 0 aliphatic heterocycles. The van der Waals surface area contributed by atoms with E-state index in [9.17, 15) is 4.39 Å². The summed E-state index contributed by atoms with van der Waals surface area (Å²) in [7, 11) is 0. The predicted molar refractivity (Wildman–Crippen MR) is 80.2 cm³/mol. The molecule has 2 N–H and O–H groups in total. The molecule has 0 amide bonds. The minimum atomic E-state index is -0.274. The summed E-state index contributed by atoms with van der Waals surface area (Å²) < 4.78 is 13.5. The van der Waals surface area contributed by atoms with Gasteiger partial charge in [0.15, 0.2) is 5.82 Å². The van der Waals surface area contributed by atoms with Gasteiger partial charge in [-0.25, -0.2) is 9.37 Å². The summed E-state index contributed by atoms with van der Waals surface area (Å²) in [5, 5.41) is 6.50. The lowest BCUT2D eigenvalue weighted by Gasteiger charge is -2.12. The van der Waals surface area contributed by atoms with E-state index in [4.69, 9.17) is 11.6 Å². The summed E-state index contributed by atoms with van der Waals surface area (Å²) in [6, 6.07) is 4.82. The molecule has 0 aliphatic carbocycles. The van der Waals surface area contributed by atoms with Crippen molar-refractivity contribution in [3.8, 4) is 0 Å². The molecule has 0 atom stereocenters. The summed E-state index contributed by atoms with van der Waals surface area (Å²) >= 11 is 6.06. The largest absolute Gasteiger partial charge is 0.354 e. The van der Waals surface area contributed by atoms with Gasteiger partial charge in [0.2, 0.25) is 5.95 Å². The molecule has 0 spiro atoms. The van der Waals surface area contributed by atoms with Crippen LogP contribution in [0.25, 0.3) is 0 Å². The minimum absolute atomic E-state index is 0.274. The van der Waals surface area contributed by atoms with Gasteiger partial charge in [-0.3, -0.25) is 0 Å². The standard InChI is InChI=1S/C14H16ClFN4/c1-3-7-17-14-18-8-10(15)13(20-14)19-12-6-4-5-11(16)9(12)2/h4-6,8H,3,7H2,1-2H3,(H2,17,18,19,20). The second-order valence-electron chi connectivity index (χ2n) is 4.35. The van der Waals surface area contributed by atoms with Crippen molar-refractivity contribution in [2.24, 2.45) is 0 Å². The number of halogens is 2. The van der Waals surface area contributed by atoms with Crippen molar-refractivity contribution in [3.05, 3.63) is 40.8 Å². The molecule has 20 heavy (non-hydrogen) atoms. The van der Waals surface area contributed by atoms with Crippen molar-refractivity contribution in [1.82, 2.24) is 9.97 Å². The Morgan fingerprint density at radius 1 is 1.35 bits per heavy atom. The number of rotatable bonds is 5. The van der Waals surface area contributed by atoms with Crippen LogP contribution in [0.1, 0.15) is 18.9 Å². The van der Waals surface area contributed by atoms with Crippen molar-refractivity contribution in [2.45, 2.75) is 20.3 Å². The van der Waals surface area contributed by atoms with Gasteiger partial charge >= 0.3 is 0 Å². The Hall–Kier alpha value is -1.88. The van der Waals surface area contributed by atoms with E-state index in [1.165, 1.54) is 12.3 Å². The van der Waals surface area contributed by atoms with Crippen LogP contribution in [0.15, 0.2) is 24.4 Å². The molecule has 0 saturated carbocycles. The molecular formula is C14H16ClFN4. The van der Waals surface area contributed by atoms with Gasteiger partial charge < -0.3 is 10.6 Å². The molecule has 2 aromatic rings. The van der Waals surface area contributed by atoms with Gasteiger partial charge in [-0.15, -0.1) is 0 Å². The Morgan fingerprint density at radius 2 is 2.15 bits per heavy atom. The van der Waals surface area contributed by atoms with Gasteiger partial charge in [0.25, 0.3) is 0 Å². The molecule has 1 heterocycles. The highest BCUT2D eigenvalue weighted by Gasteiger charge is 2.09. The van der Waals surface area contributed by atoms with E-state index in [0.29, 0.717) is 28.0 Å². The van der Waals surface area contributed by atoms with Gasteiger partial charge in [-0.2, -0.15) is 4.98 Å². The van der Waals surface area contributed by atoms with Crippen LogP contribution in [-0.4, -0.2) is 16.5 Å². The number of nitrogens with zero attached hydrogens (tertiary/aromatic N) is 2. The van der Waals surface area contributed by atoms with E-state index >= 15 is 0 Å². The summed E-state index contributed by atoms with van der Waals surface area (Å²) in [6.07, 6.45) is 2.49. The average Bonchev–Trinajstić information content (AvgIpc) is 2.44. The molecule has 2 rings (SSSR count). The first kappa shape index (κ1) is 14.5. The summed E-state index contributed by atoms with van der Waals surface area (Å²) in [6.45, 7) is 4.53. The number of nitrogens with one attached hydrogen (secondary N) is 2. The molecule has 1 aromatic carbocycles. The fourth-order valence-corrected chi connectivity index (χ4v) is 1.79. The second kappa shape index (κ2) is 6.52. The monoisotopic (exact) mass is 294 g/mol. The molecule has 0 fully saturated rings. The lowest BCUT2D eigenvalue weighted by molar-refractivity contribution is 0.619. The smallest absolute Gasteiger partial charge is 0.224 e. The molecule has 0 bridgehead atoms. The van der Waals surface area contributed by atoms with E-state index in [1.54, 1.807) is 19.1 Å². The first-order chi connectivity index (χ1) is 9.61. The highest BCUT2D eigenvalue weighted by molar-refractivity contribution is 6.32. The summed E-state index contributed by atoms with van der Waals surface area (Å²) in [4.78, 5) is 8.38. The van der Waals surface area contributed by atoms with E-state index in [-0.39, 0.29) is 5.82 Å². The van der Waals surface area contributed by atoms with E-state index in [1.807, 2.05) is 0 Å². The van der Waals surface area contributed by atoms with Crippen LogP contribution in [0.3, 0.4) is 0 Å². The van der Waals surface area contributed by atoms with E-state index in [2.05, 4.69) is 27.5 Å². The van der Waals surface area contributed by atoms with Crippen molar-refractivity contribution in [3.63, 3.8) is 0 Å². The normalized spacial score (nSPS) is 10.4. The van der Waals surface area contributed by atoms with Crippen molar-refractivity contribution in [2.75, 3.05) is 17.2 Å². The molecule has 0 saturated heterocycles. The molecule has 106 valence electrons. The average molecular weight is 295 g/mol. The molecule has 0 radical (unpaired) electrons. The first-order valence-electron chi connectivity index (χ1n) is 6.40. The Kier molecular flexibility index (Phi) is 4.74. The molecule has 4 nitrogen and oxygen atoms in total. The highest BCUT2D eigenvalue weighted by atomic mass is 35.5. The van der Waals surface area contributed by atoms with E-state index in [0.717, 1.165) is 13.0 Å². The lowest BCUT2D eigenvalue weighted by atomic mass is 10.2. The highest BCUT2D eigenvalue weighted by Crippen LogP contribution is 2.26. The Bertz CT molecular complexity index is 604. The Balaban J connectivity index is 2.26. The fourth-order valence-electron chi connectivity index (χ4n) is 1.65. The fraction of sp³-hybridized carbons (Fsp3) is 0.286. The first-order valence-corrected chi connectivity index (χ1v) is 6.78. The third-order valence-electron chi connectivity index (χ3n) is 2.80. The summed E-state index contributed by atoms with van der Waals surface area (Å²) in [5.41, 5.74) is 1.15. The van der Waals surface area contributed by atoms with Crippen molar-refractivity contribution in [1.29, 1.82) is 0 Å². The zero-order valence-electron chi connectivity index (χ0n) is 11.4. The SMILES string of the molecule is CCCNc1ncc(Cl)c(Nc2cccc(F)c2C)n1. The summed E-state index contributed by atoms with van der Waals surface area (Å²) in [5.74, 6) is 0.672. The van der Waals surface area contributed by atoms with Crippen LogP contribution in [0.2, 0.25) is 5.02 Å². The maximum atomic E-state index is 13.5. The second-order valence-corrected chi connectivity index (χ2v) is 4.76. The van der Waals surface area contributed by atoms with Crippen molar-refractivity contribution >= 4 is 29.1 Å². The van der Waals surface area contributed by atoms with Gasteiger partial charge in [0, 0.05) is 17.8 Å².